The second-order valence-electron chi connectivity index (χ2n) is 5.25. The molecule has 4 nitrogen and oxygen atoms in total. The molecule has 2 heterocycles. The maximum atomic E-state index is 10.6. The van der Waals surface area contributed by atoms with E-state index in [9.17, 15) is 13.2 Å². The molecule has 0 unspecified atom stereocenters. The molecule has 1 saturated heterocycles. The highest BCUT2D eigenvalue weighted by Crippen LogP contribution is 2.15. The van der Waals surface area contributed by atoms with Crippen molar-refractivity contribution in [2.24, 2.45) is 0 Å². The first-order chi connectivity index (χ1) is 10.3. The van der Waals surface area contributed by atoms with E-state index in [0.717, 1.165) is 19.6 Å². The van der Waals surface area contributed by atoms with Crippen molar-refractivity contribution in [1.82, 2.24) is 10.2 Å². The van der Waals surface area contributed by atoms with Crippen LogP contribution in [-0.2, 0) is 11.3 Å². The van der Waals surface area contributed by atoms with Gasteiger partial charge in [0.05, 0.1) is 0 Å². The highest BCUT2D eigenvalue weighted by atomic mass is 19.4. The fourth-order valence-corrected chi connectivity index (χ4v) is 2.48. The van der Waals surface area contributed by atoms with Gasteiger partial charge in [0.15, 0.2) is 0 Å². The van der Waals surface area contributed by atoms with Crippen molar-refractivity contribution in [3.63, 3.8) is 0 Å². The highest BCUT2D eigenvalue weighted by Gasteiger charge is 2.38. The van der Waals surface area contributed by atoms with E-state index in [0.29, 0.717) is 12.1 Å². The van der Waals surface area contributed by atoms with Crippen LogP contribution in [0.5, 0.6) is 0 Å². The topological polar surface area (TPSA) is 52.6 Å². The summed E-state index contributed by atoms with van der Waals surface area (Å²) in [6.45, 7) is 3.36. The molecule has 0 radical (unpaired) electrons. The summed E-state index contributed by atoms with van der Waals surface area (Å²) in [6.07, 6.45) is -0.481. The third kappa shape index (κ3) is 4.85. The van der Waals surface area contributed by atoms with Crippen LogP contribution < -0.4 is 5.32 Å². The summed E-state index contributed by atoms with van der Waals surface area (Å²) in [5, 5.41) is 10.7. The van der Waals surface area contributed by atoms with E-state index in [1.165, 1.54) is 5.56 Å². The summed E-state index contributed by atoms with van der Waals surface area (Å²) < 4.78 is 31.7. The predicted molar refractivity (Wildman–Crippen MR) is 75.3 cm³/mol. The average molecular weight is 314 g/mol. The van der Waals surface area contributed by atoms with Gasteiger partial charge in [0.1, 0.15) is 0 Å². The number of alkyl halides is 3. The van der Waals surface area contributed by atoms with Crippen molar-refractivity contribution < 1.29 is 23.1 Å². The largest absolute Gasteiger partial charge is 0.490 e. The summed E-state index contributed by atoms with van der Waals surface area (Å²) in [7, 11) is 0. The quantitative estimate of drug-likeness (QED) is 0.820. The summed E-state index contributed by atoms with van der Waals surface area (Å²) >= 11 is 0. The minimum absolute atomic E-state index is 0.576. The molecule has 1 aromatic carbocycles. The molecule has 0 saturated carbocycles. The molecule has 1 aromatic rings. The molecule has 7 heteroatoms. The molecular formula is C15H17F3N2O2. The van der Waals surface area contributed by atoms with Gasteiger partial charge < -0.3 is 10.4 Å². The van der Waals surface area contributed by atoms with Gasteiger partial charge in [-0.2, -0.15) is 13.2 Å². The Morgan fingerprint density at radius 1 is 1.18 bits per heavy atom. The predicted octanol–water partition coefficient (Wildman–Crippen LogP) is 2.03. The second-order valence-corrected chi connectivity index (χ2v) is 5.25. The van der Waals surface area contributed by atoms with E-state index in [-0.39, 0.29) is 0 Å². The Labute approximate surface area is 126 Å². The molecular weight excluding hydrogens is 297 g/mol. The molecule has 2 N–H and O–H groups in total. The number of halogens is 3. The molecule has 2 aliphatic rings. The number of carbonyl (C=O) groups is 1. The SMILES string of the molecule is C1=C[C@H]2CN(Cc3ccccc3)C[C@@H]1N2.O=C(O)C(F)(F)F. The third-order valence-corrected chi connectivity index (χ3v) is 3.41. The number of nitrogens with zero attached hydrogens (tertiary/aromatic N) is 1. The maximum Gasteiger partial charge on any atom is 0.490 e. The van der Waals surface area contributed by atoms with Crippen molar-refractivity contribution in [2.75, 3.05) is 13.1 Å². The van der Waals surface area contributed by atoms with Gasteiger partial charge in [-0.15, -0.1) is 0 Å². The minimum Gasteiger partial charge on any atom is -0.475 e. The highest BCUT2D eigenvalue weighted by molar-refractivity contribution is 5.73. The fourth-order valence-electron chi connectivity index (χ4n) is 2.48. The number of fused-ring (bicyclic) bond motifs is 2. The van der Waals surface area contributed by atoms with Crippen LogP contribution in [0.3, 0.4) is 0 Å². The average Bonchev–Trinajstić information content (AvgIpc) is 2.79. The van der Waals surface area contributed by atoms with Gasteiger partial charge in [-0.05, 0) is 5.56 Å². The first-order valence-corrected chi connectivity index (χ1v) is 6.85. The number of carboxylic acid groups (broad SMARTS) is 1. The van der Waals surface area contributed by atoms with Crippen LogP contribution in [0.15, 0.2) is 42.5 Å². The number of hydrogen-bond acceptors (Lipinski definition) is 3. The Balaban J connectivity index is 0.000000217. The van der Waals surface area contributed by atoms with E-state index in [4.69, 9.17) is 9.90 Å². The first kappa shape index (κ1) is 16.5. The van der Waals surface area contributed by atoms with Crippen LogP contribution in [0, 0.1) is 0 Å². The third-order valence-electron chi connectivity index (χ3n) is 3.41. The molecule has 0 aliphatic carbocycles. The van der Waals surface area contributed by atoms with Gasteiger partial charge in [0.2, 0.25) is 0 Å². The Morgan fingerprint density at radius 2 is 1.68 bits per heavy atom. The van der Waals surface area contributed by atoms with Crippen LogP contribution in [0.2, 0.25) is 0 Å². The smallest absolute Gasteiger partial charge is 0.475 e. The van der Waals surface area contributed by atoms with Crippen LogP contribution >= 0.6 is 0 Å². The Hall–Kier alpha value is -1.86. The molecule has 2 aliphatic heterocycles. The van der Waals surface area contributed by atoms with Crippen molar-refractivity contribution in [1.29, 1.82) is 0 Å². The Morgan fingerprint density at radius 3 is 2.14 bits per heavy atom. The lowest BCUT2D eigenvalue weighted by atomic mass is 10.1. The van der Waals surface area contributed by atoms with Crippen molar-refractivity contribution in [3.05, 3.63) is 48.0 Å². The summed E-state index contributed by atoms with van der Waals surface area (Å²) in [4.78, 5) is 11.4. The maximum absolute atomic E-state index is 10.6. The van der Waals surface area contributed by atoms with E-state index in [1.807, 2.05) is 0 Å². The second kappa shape index (κ2) is 6.93. The molecule has 2 bridgehead atoms. The first-order valence-electron chi connectivity index (χ1n) is 6.85. The van der Waals surface area contributed by atoms with Gasteiger partial charge in [0.25, 0.3) is 0 Å². The Kier molecular flexibility index (Phi) is 5.20. The van der Waals surface area contributed by atoms with Gasteiger partial charge in [0, 0.05) is 31.7 Å². The van der Waals surface area contributed by atoms with Crippen LogP contribution in [0.4, 0.5) is 13.2 Å². The number of benzene rings is 1. The van der Waals surface area contributed by atoms with Crippen LogP contribution in [0.25, 0.3) is 0 Å². The Bertz CT molecular complexity index is 517. The van der Waals surface area contributed by atoms with Crippen molar-refractivity contribution in [2.45, 2.75) is 24.8 Å². The molecule has 3 rings (SSSR count). The number of piperazine rings is 1. The molecule has 0 spiro atoms. The fraction of sp³-hybridized carbons (Fsp3) is 0.400. The summed E-state index contributed by atoms with van der Waals surface area (Å²) in [5.41, 5.74) is 1.42. The number of carboxylic acids is 1. The standard InChI is InChI=1S/C13H16N2.C2HF3O2/c1-2-4-11(5-3-1)8-15-9-12-6-7-13(10-15)14-12;3-2(4,5)1(6)7/h1-7,12-14H,8-10H2;(H,6,7)/t12-,13+;. The number of aliphatic carboxylic acids is 1. The van der Waals surface area contributed by atoms with E-state index >= 15 is 0 Å². The normalized spacial score (nSPS) is 23.8. The minimum atomic E-state index is -5.08. The molecule has 22 heavy (non-hydrogen) atoms. The van der Waals surface area contributed by atoms with Gasteiger partial charge >= 0.3 is 12.1 Å². The lowest BCUT2D eigenvalue weighted by Crippen LogP contribution is -2.51. The lowest BCUT2D eigenvalue weighted by Gasteiger charge is -2.32. The zero-order valence-corrected chi connectivity index (χ0v) is 11.8. The molecule has 2 atom stereocenters. The summed E-state index contributed by atoms with van der Waals surface area (Å²) in [6, 6.07) is 11.9. The summed E-state index contributed by atoms with van der Waals surface area (Å²) in [5.74, 6) is -2.76. The van der Waals surface area contributed by atoms with E-state index in [2.05, 4.69) is 52.7 Å². The van der Waals surface area contributed by atoms with Crippen LogP contribution in [0.1, 0.15) is 5.56 Å². The molecule has 1 fully saturated rings. The van der Waals surface area contributed by atoms with Gasteiger partial charge in [-0.3, -0.25) is 4.90 Å². The number of hydrogen-bond donors (Lipinski definition) is 2. The van der Waals surface area contributed by atoms with Gasteiger partial charge in [-0.1, -0.05) is 42.5 Å². The van der Waals surface area contributed by atoms with Crippen LogP contribution in [-0.4, -0.2) is 47.3 Å². The van der Waals surface area contributed by atoms with Crippen molar-refractivity contribution >= 4 is 5.97 Å². The number of rotatable bonds is 2. The zero-order valence-electron chi connectivity index (χ0n) is 11.8. The monoisotopic (exact) mass is 314 g/mol. The van der Waals surface area contributed by atoms with E-state index in [1.54, 1.807) is 0 Å². The molecule has 0 amide bonds. The number of nitrogens with one attached hydrogen (secondary N) is 1. The lowest BCUT2D eigenvalue weighted by molar-refractivity contribution is -0.192. The molecule has 120 valence electrons. The molecule has 0 aromatic heterocycles. The zero-order chi connectivity index (χ0) is 16.2. The van der Waals surface area contributed by atoms with Crippen molar-refractivity contribution in [3.8, 4) is 0 Å². The van der Waals surface area contributed by atoms with E-state index < -0.39 is 12.1 Å². The van der Waals surface area contributed by atoms with Gasteiger partial charge in [-0.25, -0.2) is 4.79 Å².